The summed E-state index contributed by atoms with van der Waals surface area (Å²) in [6, 6.07) is 8.31. The lowest BCUT2D eigenvalue weighted by Gasteiger charge is -2.31. The standard InChI is InChI=1S/C20H24FN3O4S/c1-2-28-20-15(5-3-11-22-20)13-23-19(25)16-6-4-12-24(14-16)29(26,27)18-9-7-17(21)8-10-18/h3,5,7-11,16H,2,4,6,12-14H2,1H3,(H,23,25). The van der Waals surface area contributed by atoms with E-state index in [9.17, 15) is 17.6 Å². The summed E-state index contributed by atoms with van der Waals surface area (Å²) in [5.74, 6) is -0.692. The SMILES string of the molecule is CCOc1ncccc1CNC(=O)C1CCCN(S(=O)(=O)c2ccc(F)cc2)C1. The zero-order chi connectivity index (χ0) is 20.9. The number of halogens is 1. The minimum absolute atomic E-state index is 0.0247. The van der Waals surface area contributed by atoms with Gasteiger partial charge in [-0.05, 0) is 50.1 Å². The van der Waals surface area contributed by atoms with Gasteiger partial charge >= 0.3 is 0 Å². The van der Waals surface area contributed by atoms with Gasteiger partial charge in [0.1, 0.15) is 5.82 Å². The molecule has 1 atom stereocenters. The normalized spacial score (nSPS) is 17.7. The predicted molar refractivity (Wildman–Crippen MR) is 105 cm³/mol. The number of piperidine rings is 1. The number of ether oxygens (including phenoxy) is 1. The number of hydrogen-bond donors (Lipinski definition) is 1. The number of carbonyl (C=O) groups excluding carboxylic acids is 1. The maximum absolute atomic E-state index is 13.1. The van der Waals surface area contributed by atoms with E-state index in [0.717, 1.165) is 17.7 Å². The number of nitrogens with zero attached hydrogens (tertiary/aromatic N) is 2. The van der Waals surface area contributed by atoms with Gasteiger partial charge in [0, 0.05) is 31.4 Å². The highest BCUT2D eigenvalue weighted by atomic mass is 32.2. The molecule has 1 fully saturated rings. The third-order valence-corrected chi connectivity index (χ3v) is 6.67. The van der Waals surface area contributed by atoms with Crippen molar-refractivity contribution in [2.45, 2.75) is 31.2 Å². The van der Waals surface area contributed by atoms with Crippen LogP contribution in [0.2, 0.25) is 0 Å². The zero-order valence-corrected chi connectivity index (χ0v) is 17.0. The molecule has 0 aliphatic carbocycles. The maximum atomic E-state index is 13.1. The molecule has 1 aliphatic rings. The molecule has 29 heavy (non-hydrogen) atoms. The van der Waals surface area contributed by atoms with Gasteiger partial charge < -0.3 is 10.1 Å². The van der Waals surface area contributed by atoms with Crippen LogP contribution in [0, 0.1) is 11.7 Å². The first kappa shape index (κ1) is 21.2. The van der Waals surface area contributed by atoms with Crippen LogP contribution in [0.3, 0.4) is 0 Å². The number of hydrogen-bond acceptors (Lipinski definition) is 5. The molecule has 1 aliphatic heterocycles. The summed E-state index contributed by atoms with van der Waals surface area (Å²) in [6.45, 7) is 3.01. The van der Waals surface area contributed by atoms with Gasteiger partial charge in [0.2, 0.25) is 21.8 Å². The fourth-order valence-electron chi connectivity index (χ4n) is 3.28. The molecule has 156 valence electrons. The topological polar surface area (TPSA) is 88.6 Å². The molecule has 0 bridgehead atoms. The lowest BCUT2D eigenvalue weighted by Crippen LogP contribution is -2.45. The molecule has 9 heteroatoms. The summed E-state index contributed by atoms with van der Waals surface area (Å²) in [4.78, 5) is 16.8. The van der Waals surface area contributed by atoms with E-state index in [4.69, 9.17) is 4.74 Å². The molecular weight excluding hydrogens is 397 g/mol. The Morgan fingerprint density at radius 3 is 2.79 bits per heavy atom. The quantitative estimate of drug-likeness (QED) is 0.741. The monoisotopic (exact) mass is 421 g/mol. The van der Waals surface area contributed by atoms with E-state index in [0.29, 0.717) is 31.9 Å². The van der Waals surface area contributed by atoms with Crippen molar-refractivity contribution in [1.82, 2.24) is 14.6 Å². The number of sulfonamides is 1. The van der Waals surface area contributed by atoms with Gasteiger partial charge in [0.15, 0.2) is 0 Å². The zero-order valence-electron chi connectivity index (χ0n) is 16.2. The van der Waals surface area contributed by atoms with Crippen LogP contribution in [0.15, 0.2) is 47.5 Å². The van der Waals surface area contributed by atoms with E-state index >= 15 is 0 Å². The Morgan fingerprint density at radius 1 is 1.31 bits per heavy atom. The number of amides is 1. The first-order chi connectivity index (χ1) is 13.9. The van der Waals surface area contributed by atoms with Crippen LogP contribution in [0.1, 0.15) is 25.3 Å². The summed E-state index contributed by atoms with van der Waals surface area (Å²) in [7, 11) is -3.77. The van der Waals surface area contributed by atoms with Gasteiger partial charge in [-0.2, -0.15) is 4.31 Å². The minimum Gasteiger partial charge on any atom is -0.478 e. The van der Waals surface area contributed by atoms with Crippen LogP contribution in [0.5, 0.6) is 5.88 Å². The van der Waals surface area contributed by atoms with Gasteiger partial charge in [-0.25, -0.2) is 17.8 Å². The van der Waals surface area contributed by atoms with Crippen molar-refractivity contribution in [2.75, 3.05) is 19.7 Å². The second kappa shape index (κ2) is 9.32. The first-order valence-electron chi connectivity index (χ1n) is 9.52. The summed E-state index contributed by atoms with van der Waals surface area (Å²) in [5.41, 5.74) is 0.759. The molecule has 2 aromatic rings. The van der Waals surface area contributed by atoms with Crippen LogP contribution in [0.25, 0.3) is 0 Å². The number of benzene rings is 1. The van der Waals surface area contributed by atoms with E-state index in [1.807, 2.05) is 13.0 Å². The smallest absolute Gasteiger partial charge is 0.243 e. The number of aromatic nitrogens is 1. The largest absolute Gasteiger partial charge is 0.478 e. The molecule has 1 N–H and O–H groups in total. The van der Waals surface area contributed by atoms with Crippen molar-refractivity contribution < 1.29 is 22.3 Å². The molecule has 2 heterocycles. The number of rotatable bonds is 7. The molecule has 1 aromatic heterocycles. The molecule has 1 amide bonds. The molecular formula is C20H24FN3O4S. The highest BCUT2D eigenvalue weighted by Gasteiger charge is 2.33. The molecule has 1 saturated heterocycles. The van der Waals surface area contributed by atoms with Gasteiger partial charge in [0.25, 0.3) is 0 Å². The van der Waals surface area contributed by atoms with Crippen molar-refractivity contribution >= 4 is 15.9 Å². The summed E-state index contributed by atoms with van der Waals surface area (Å²) in [6.07, 6.45) is 2.80. The molecule has 0 spiro atoms. The van der Waals surface area contributed by atoms with Gasteiger partial charge in [-0.1, -0.05) is 6.07 Å². The van der Waals surface area contributed by atoms with Gasteiger partial charge in [0.05, 0.1) is 17.4 Å². The van der Waals surface area contributed by atoms with Crippen LogP contribution < -0.4 is 10.1 Å². The second-order valence-corrected chi connectivity index (χ2v) is 8.71. The van der Waals surface area contributed by atoms with E-state index in [1.165, 1.54) is 16.4 Å². The molecule has 7 nitrogen and oxygen atoms in total. The van der Waals surface area contributed by atoms with Crippen molar-refractivity contribution in [2.24, 2.45) is 5.92 Å². The number of pyridine rings is 1. The molecule has 0 saturated carbocycles. The van der Waals surface area contributed by atoms with E-state index in [1.54, 1.807) is 12.3 Å². The van der Waals surface area contributed by atoms with Crippen molar-refractivity contribution in [1.29, 1.82) is 0 Å². The average Bonchev–Trinajstić information content (AvgIpc) is 2.73. The maximum Gasteiger partial charge on any atom is 0.243 e. The van der Waals surface area contributed by atoms with Crippen LogP contribution in [-0.2, 0) is 21.4 Å². The lowest BCUT2D eigenvalue weighted by atomic mass is 9.99. The Balaban J connectivity index is 1.64. The molecule has 0 radical (unpaired) electrons. The summed E-state index contributed by atoms with van der Waals surface area (Å²) >= 11 is 0. The Hall–Kier alpha value is -2.52. The fraction of sp³-hybridized carbons (Fsp3) is 0.400. The summed E-state index contributed by atoms with van der Waals surface area (Å²) < 4.78 is 45.5. The van der Waals surface area contributed by atoms with Crippen LogP contribution in [0.4, 0.5) is 4.39 Å². The highest BCUT2D eigenvalue weighted by Crippen LogP contribution is 2.24. The molecule has 3 rings (SSSR count). The lowest BCUT2D eigenvalue weighted by molar-refractivity contribution is -0.126. The predicted octanol–water partition coefficient (Wildman–Crippen LogP) is 2.34. The van der Waals surface area contributed by atoms with Crippen LogP contribution >= 0.6 is 0 Å². The Kier molecular flexibility index (Phi) is 6.81. The number of carbonyl (C=O) groups is 1. The van der Waals surface area contributed by atoms with Gasteiger partial charge in [-0.3, -0.25) is 4.79 Å². The van der Waals surface area contributed by atoms with Crippen molar-refractivity contribution in [3.63, 3.8) is 0 Å². The minimum atomic E-state index is -3.77. The molecule has 1 unspecified atom stereocenters. The fourth-order valence-corrected chi connectivity index (χ4v) is 4.81. The van der Waals surface area contributed by atoms with Crippen molar-refractivity contribution in [3.8, 4) is 5.88 Å². The summed E-state index contributed by atoms with van der Waals surface area (Å²) in [5, 5.41) is 2.86. The first-order valence-corrected chi connectivity index (χ1v) is 11.0. The van der Waals surface area contributed by atoms with Crippen molar-refractivity contribution in [3.05, 3.63) is 54.0 Å². The number of nitrogens with one attached hydrogen (secondary N) is 1. The third kappa shape index (κ3) is 5.10. The molecule has 1 aromatic carbocycles. The van der Waals surface area contributed by atoms with E-state index in [2.05, 4.69) is 10.3 Å². The Morgan fingerprint density at radius 2 is 2.07 bits per heavy atom. The Labute approximate surface area is 169 Å². The van der Waals surface area contributed by atoms with E-state index < -0.39 is 21.8 Å². The van der Waals surface area contributed by atoms with E-state index in [-0.39, 0.29) is 23.9 Å². The average molecular weight is 421 g/mol. The third-order valence-electron chi connectivity index (χ3n) is 4.79. The second-order valence-electron chi connectivity index (χ2n) is 6.77. The highest BCUT2D eigenvalue weighted by molar-refractivity contribution is 7.89. The Bertz CT molecular complexity index is 950. The van der Waals surface area contributed by atoms with Gasteiger partial charge in [-0.15, -0.1) is 0 Å². The van der Waals surface area contributed by atoms with Crippen LogP contribution in [-0.4, -0.2) is 43.3 Å².